The lowest BCUT2D eigenvalue weighted by Crippen LogP contribution is -2.39. The summed E-state index contributed by atoms with van der Waals surface area (Å²) in [7, 11) is 2.00. The molecule has 128 valence electrons. The zero-order chi connectivity index (χ0) is 16.5. The van der Waals surface area contributed by atoms with Crippen LogP contribution in [0, 0.1) is 5.92 Å². The third-order valence-corrected chi connectivity index (χ3v) is 4.65. The fourth-order valence-corrected chi connectivity index (χ4v) is 3.23. The van der Waals surface area contributed by atoms with E-state index in [1.807, 2.05) is 37.1 Å². The Kier molecular flexibility index (Phi) is 7.40. The molecule has 1 aliphatic heterocycles. The molecule has 0 aromatic heterocycles. The van der Waals surface area contributed by atoms with Crippen LogP contribution in [0.25, 0.3) is 0 Å². The zero-order valence-electron chi connectivity index (χ0n) is 14.5. The van der Waals surface area contributed by atoms with E-state index in [0.29, 0.717) is 13.0 Å². The van der Waals surface area contributed by atoms with Gasteiger partial charge in [-0.3, -0.25) is 4.79 Å². The number of likely N-dealkylation sites (tertiary alicyclic amines) is 1. The van der Waals surface area contributed by atoms with E-state index < -0.39 is 0 Å². The quantitative estimate of drug-likeness (QED) is 0.801. The molecule has 2 rings (SSSR count). The Morgan fingerprint density at radius 1 is 1.30 bits per heavy atom. The molecule has 0 atom stereocenters. The van der Waals surface area contributed by atoms with Crippen molar-refractivity contribution in [3.63, 3.8) is 0 Å². The Hall–Kier alpha value is -1.55. The van der Waals surface area contributed by atoms with Crippen molar-refractivity contribution in [2.24, 2.45) is 5.92 Å². The first-order valence-corrected chi connectivity index (χ1v) is 8.87. The molecule has 1 aromatic carbocycles. The maximum atomic E-state index is 12.4. The second-order valence-electron chi connectivity index (χ2n) is 6.26. The number of amides is 1. The number of carbonyl (C=O) groups excluding carboxylic acids is 1. The van der Waals surface area contributed by atoms with Gasteiger partial charge in [0.05, 0.1) is 6.61 Å². The van der Waals surface area contributed by atoms with Gasteiger partial charge in [0, 0.05) is 19.5 Å². The third-order valence-electron chi connectivity index (χ3n) is 4.65. The first-order valence-electron chi connectivity index (χ1n) is 8.87. The van der Waals surface area contributed by atoms with Crippen molar-refractivity contribution in [3.05, 3.63) is 29.8 Å². The van der Waals surface area contributed by atoms with Crippen molar-refractivity contribution in [2.75, 3.05) is 33.3 Å². The Balaban J connectivity index is 1.77. The summed E-state index contributed by atoms with van der Waals surface area (Å²) in [5.41, 5.74) is 1.13. The van der Waals surface area contributed by atoms with Crippen LogP contribution in [-0.2, 0) is 11.2 Å². The first-order chi connectivity index (χ1) is 11.2. The second-order valence-corrected chi connectivity index (χ2v) is 6.26. The van der Waals surface area contributed by atoms with Crippen molar-refractivity contribution in [1.82, 2.24) is 10.2 Å². The number of nitrogens with zero attached hydrogens (tertiary/aromatic N) is 1. The maximum Gasteiger partial charge on any atom is 0.222 e. The number of piperidine rings is 1. The Bertz CT molecular complexity index is 482. The minimum absolute atomic E-state index is 0.281. The summed E-state index contributed by atoms with van der Waals surface area (Å²) < 4.78 is 5.64. The van der Waals surface area contributed by atoms with E-state index in [4.69, 9.17) is 4.74 Å². The topological polar surface area (TPSA) is 41.6 Å². The summed E-state index contributed by atoms with van der Waals surface area (Å²) in [6, 6.07) is 8.03. The highest BCUT2D eigenvalue weighted by molar-refractivity contribution is 5.76. The van der Waals surface area contributed by atoms with Gasteiger partial charge in [-0.05, 0) is 63.7 Å². The predicted octanol–water partition coefficient (Wildman–Crippen LogP) is 2.87. The number of rotatable bonds is 8. The minimum Gasteiger partial charge on any atom is -0.494 e. The number of para-hydroxylation sites is 1. The molecule has 1 heterocycles. The van der Waals surface area contributed by atoms with Crippen LogP contribution in [0.15, 0.2) is 24.3 Å². The molecular weight excluding hydrogens is 288 g/mol. The molecule has 1 amide bonds. The van der Waals surface area contributed by atoms with Gasteiger partial charge in [0.25, 0.3) is 0 Å². The molecule has 1 saturated heterocycles. The van der Waals surface area contributed by atoms with Gasteiger partial charge in [0.15, 0.2) is 0 Å². The Labute approximate surface area is 140 Å². The van der Waals surface area contributed by atoms with E-state index in [9.17, 15) is 4.79 Å². The fraction of sp³-hybridized carbons (Fsp3) is 0.632. The lowest BCUT2D eigenvalue weighted by molar-refractivity contribution is -0.132. The number of aryl methyl sites for hydroxylation is 1. The molecule has 1 N–H and O–H groups in total. The lowest BCUT2D eigenvalue weighted by Gasteiger charge is -2.32. The molecule has 0 aliphatic carbocycles. The van der Waals surface area contributed by atoms with Crippen LogP contribution < -0.4 is 10.1 Å². The Morgan fingerprint density at radius 3 is 2.74 bits per heavy atom. The van der Waals surface area contributed by atoms with Crippen molar-refractivity contribution >= 4 is 5.91 Å². The van der Waals surface area contributed by atoms with Crippen LogP contribution in [0.4, 0.5) is 0 Å². The summed E-state index contributed by atoms with van der Waals surface area (Å²) in [6.07, 6.45) is 4.84. The first kappa shape index (κ1) is 17.8. The van der Waals surface area contributed by atoms with E-state index in [1.54, 1.807) is 0 Å². The molecule has 0 radical (unpaired) electrons. The van der Waals surface area contributed by atoms with Gasteiger partial charge in [-0.25, -0.2) is 0 Å². The van der Waals surface area contributed by atoms with Crippen molar-refractivity contribution in [2.45, 2.75) is 39.0 Å². The summed E-state index contributed by atoms with van der Waals surface area (Å²) in [4.78, 5) is 14.5. The van der Waals surface area contributed by atoms with Crippen molar-refractivity contribution in [3.8, 4) is 5.75 Å². The van der Waals surface area contributed by atoms with Gasteiger partial charge in [-0.2, -0.15) is 0 Å². The Morgan fingerprint density at radius 2 is 2.04 bits per heavy atom. The molecule has 4 heteroatoms. The van der Waals surface area contributed by atoms with Crippen LogP contribution in [-0.4, -0.2) is 44.1 Å². The summed E-state index contributed by atoms with van der Waals surface area (Å²) in [5.74, 6) is 1.96. The van der Waals surface area contributed by atoms with Gasteiger partial charge in [0.1, 0.15) is 5.75 Å². The molecule has 0 saturated carbocycles. The van der Waals surface area contributed by atoms with E-state index in [0.717, 1.165) is 56.1 Å². The number of hydrogen-bond acceptors (Lipinski definition) is 3. The summed E-state index contributed by atoms with van der Waals surface area (Å²) in [5, 5.41) is 3.21. The molecular formula is C19H30N2O2. The smallest absolute Gasteiger partial charge is 0.222 e. The summed E-state index contributed by atoms with van der Waals surface area (Å²) in [6.45, 7) is 5.55. The van der Waals surface area contributed by atoms with Gasteiger partial charge in [-0.1, -0.05) is 18.2 Å². The molecule has 4 nitrogen and oxygen atoms in total. The highest BCUT2D eigenvalue weighted by Gasteiger charge is 2.22. The van der Waals surface area contributed by atoms with Crippen LogP contribution >= 0.6 is 0 Å². The molecule has 23 heavy (non-hydrogen) atoms. The molecule has 0 unspecified atom stereocenters. The second kappa shape index (κ2) is 9.56. The van der Waals surface area contributed by atoms with E-state index in [-0.39, 0.29) is 5.91 Å². The van der Waals surface area contributed by atoms with E-state index in [2.05, 4.69) is 11.4 Å². The van der Waals surface area contributed by atoms with Crippen molar-refractivity contribution < 1.29 is 9.53 Å². The van der Waals surface area contributed by atoms with Gasteiger partial charge in [0.2, 0.25) is 5.91 Å². The summed E-state index contributed by atoms with van der Waals surface area (Å²) >= 11 is 0. The maximum absolute atomic E-state index is 12.4. The van der Waals surface area contributed by atoms with Crippen LogP contribution in [0.3, 0.4) is 0 Å². The molecule has 1 fully saturated rings. The van der Waals surface area contributed by atoms with Gasteiger partial charge >= 0.3 is 0 Å². The standard InChI is InChI=1S/C19H30N2O2/c1-3-23-18-7-5-4-6-17(18)8-9-19(22)21-14-11-16(12-15-21)10-13-20-2/h4-7,16,20H,3,8-15H2,1-2H3. The average Bonchev–Trinajstić information content (AvgIpc) is 2.59. The molecule has 1 aliphatic rings. The molecule has 0 spiro atoms. The average molecular weight is 318 g/mol. The van der Waals surface area contributed by atoms with E-state index in [1.165, 1.54) is 6.42 Å². The van der Waals surface area contributed by atoms with Gasteiger partial charge in [-0.15, -0.1) is 0 Å². The minimum atomic E-state index is 0.281. The highest BCUT2D eigenvalue weighted by Crippen LogP contribution is 2.22. The third kappa shape index (κ3) is 5.54. The van der Waals surface area contributed by atoms with Crippen LogP contribution in [0.1, 0.15) is 38.2 Å². The monoisotopic (exact) mass is 318 g/mol. The normalized spacial score (nSPS) is 15.7. The SMILES string of the molecule is CCOc1ccccc1CCC(=O)N1CCC(CCNC)CC1. The van der Waals surface area contributed by atoms with Crippen LogP contribution in [0.5, 0.6) is 5.75 Å². The van der Waals surface area contributed by atoms with E-state index >= 15 is 0 Å². The number of carbonyl (C=O) groups is 1. The molecule has 0 bridgehead atoms. The number of ether oxygens (including phenoxy) is 1. The van der Waals surface area contributed by atoms with Crippen LogP contribution in [0.2, 0.25) is 0 Å². The zero-order valence-corrected chi connectivity index (χ0v) is 14.5. The highest BCUT2D eigenvalue weighted by atomic mass is 16.5. The van der Waals surface area contributed by atoms with Crippen molar-refractivity contribution in [1.29, 1.82) is 0 Å². The largest absolute Gasteiger partial charge is 0.494 e. The molecule has 1 aromatic rings. The lowest BCUT2D eigenvalue weighted by atomic mass is 9.93. The number of benzene rings is 1. The number of hydrogen-bond donors (Lipinski definition) is 1. The fourth-order valence-electron chi connectivity index (χ4n) is 3.23. The predicted molar refractivity (Wildman–Crippen MR) is 93.8 cm³/mol. The number of nitrogens with one attached hydrogen (secondary N) is 1. The van der Waals surface area contributed by atoms with Gasteiger partial charge < -0.3 is 15.0 Å².